The highest BCUT2D eigenvalue weighted by molar-refractivity contribution is 5.93. The Labute approximate surface area is 84.1 Å². The van der Waals surface area contributed by atoms with Crippen molar-refractivity contribution in [3.8, 4) is 0 Å². The summed E-state index contributed by atoms with van der Waals surface area (Å²) in [6.45, 7) is 6.42. The van der Waals surface area contributed by atoms with E-state index in [-0.39, 0.29) is 22.5 Å². The summed E-state index contributed by atoms with van der Waals surface area (Å²) in [5.74, 6) is 0.410. The van der Waals surface area contributed by atoms with Gasteiger partial charge in [0.2, 0.25) is 0 Å². The average Bonchev–Trinajstić information content (AvgIpc) is 1.90. The lowest BCUT2D eigenvalue weighted by Crippen LogP contribution is -2.72. The Morgan fingerprint density at radius 3 is 2.43 bits per heavy atom. The maximum atomic E-state index is 14.4. The molecule has 0 spiro atoms. The zero-order valence-corrected chi connectivity index (χ0v) is 9.06. The molecule has 0 heterocycles. The van der Waals surface area contributed by atoms with Crippen LogP contribution in [-0.4, -0.2) is 11.5 Å². The van der Waals surface area contributed by atoms with Gasteiger partial charge in [-0.15, -0.1) is 0 Å². The number of fused-ring (bicyclic) bond motifs is 1. The summed E-state index contributed by atoms with van der Waals surface area (Å²) in [6.07, 6.45) is 1.88. The van der Waals surface area contributed by atoms with Crippen molar-refractivity contribution in [1.82, 2.24) is 0 Å². The molecule has 78 valence electrons. The van der Waals surface area contributed by atoms with Gasteiger partial charge in [0.1, 0.15) is 0 Å². The van der Waals surface area contributed by atoms with Crippen LogP contribution in [0.5, 0.6) is 0 Å². The van der Waals surface area contributed by atoms with Crippen molar-refractivity contribution in [2.75, 3.05) is 0 Å². The molecule has 0 radical (unpaired) electrons. The smallest absolute Gasteiger partial charge is 0.173 e. The highest BCUT2D eigenvalue weighted by Crippen LogP contribution is 2.73. The molecule has 0 aliphatic heterocycles. The number of carbonyl (C=O) groups is 1. The number of rotatable bonds is 0. The third-order valence-electron chi connectivity index (χ3n) is 4.88. The molecule has 0 saturated heterocycles. The second kappa shape index (κ2) is 1.94. The minimum atomic E-state index is -1.48. The van der Waals surface area contributed by atoms with Gasteiger partial charge in [-0.3, -0.25) is 4.79 Å². The number of halogens is 1. The lowest BCUT2D eigenvalue weighted by atomic mass is 9.33. The summed E-state index contributed by atoms with van der Waals surface area (Å²) in [7, 11) is 0. The maximum absolute atomic E-state index is 14.4. The number of alkyl halides is 1. The molecule has 0 aromatic rings. The zero-order valence-electron chi connectivity index (χ0n) is 9.06. The van der Waals surface area contributed by atoms with Crippen LogP contribution < -0.4 is 0 Å². The van der Waals surface area contributed by atoms with Crippen molar-refractivity contribution in [2.24, 2.45) is 22.7 Å². The maximum Gasteiger partial charge on any atom is 0.173 e. The van der Waals surface area contributed by atoms with E-state index in [4.69, 9.17) is 0 Å². The Morgan fingerprint density at radius 2 is 1.93 bits per heavy atom. The molecular weight excluding hydrogens is 179 g/mol. The van der Waals surface area contributed by atoms with Gasteiger partial charge in [0.15, 0.2) is 11.5 Å². The van der Waals surface area contributed by atoms with Gasteiger partial charge in [-0.1, -0.05) is 20.8 Å². The molecule has 14 heavy (non-hydrogen) atoms. The second-order valence-electron chi connectivity index (χ2n) is 6.61. The first-order valence-corrected chi connectivity index (χ1v) is 5.52. The van der Waals surface area contributed by atoms with Crippen molar-refractivity contribution in [3.63, 3.8) is 0 Å². The molecule has 5 fully saturated rings. The number of Topliss-reactive ketones (excluding diaryl/α,β-unsaturated/α-hetero) is 1. The van der Waals surface area contributed by atoms with Crippen molar-refractivity contribution in [1.29, 1.82) is 0 Å². The third kappa shape index (κ3) is 0.718. The van der Waals surface area contributed by atoms with E-state index in [1.165, 1.54) is 0 Å². The predicted molar refractivity (Wildman–Crippen MR) is 51.6 cm³/mol. The van der Waals surface area contributed by atoms with Crippen LogP contribution in [-0.2, 0) is 4.79 Å². The van der Waals surface area contributed by atoms with E-state index >= 15 is 0 Å². The summed E-state index contributed by atoms with van der Waals surface area (Å²) in [5, 5.41) is 0. The first-order valence-electron chi connectivity index (χ1n) is 5.52. The topological polar surface area (TPSA) is 17.1 Å². The largest absolute Gasteiger partial charge is 0.296 e. The molecule has 5 saturated carbocycles. The Hall–Kier alpha value is -0.400. The first-order chi connectivity index (χ1) is 6.29. The summed E-state index contributed by atoms with van der Waals surface area (Å²) < 4.78 is 14.4. The van der Waals surface area contributed by atoms with E-state index in [1.54, 1.807) is 0 Å². The average molecular weight is 196 g/mol. The number of hydrogen-bond acceptors (Lipinski definition) is 1. The Bertz CT molecular complexity index is 320. The van der Waals surface area contributed by atoms with Crippen molar-refractivity contribution in [3.05, 3.63) is 0 Å². The van der Waals surface area contributed by atoms with Crippen LogP contribution in [0.25, 0.3) is 0 Å². The van der Waals surface area contributed by atoms with Gasteiger partial charge >= 0.3 is 0 Å². The van der Waals surface area contributed by atoms with E-state index < -0.39 is 5.67 Å². The minimum Gasteiger partial charge on any atom is -0.296 e. The van der Waals surface area contributed by atoms with E-state index in [1.807, 2.05) is 0 Å². The van der Waals surface area contributed by atoms with E-state index in [9.17, 15) is 9.18 Å². The molecule has 5 aliphatic carbocycles. The standard InChI is InChI=1S/C12H17FO/c1-10(2)5-12(13)6-11(3)4-7(8(10)11)9(12)14/h7-8H,4-6H2,1-3H3. The van der Waals surface area contributed by atoms with Crippen molar-refractivity contribution >= 4 is 5.78 Å². The number of hydrogen-bond donors (Lipinski definition) is 0. The molecular formula is C12H17FO. The van der Waals surface area contributed by atoms with Gasteiger partial charge in [0, 0.05) is 5.92 Å². The lowest BCUT2D eigenvalue weighted by molar-refractivity contribution is -0.232. The molecule has 1 nitrogen and oxygen atoms in total. The second-order valence-corrected chi connectivity index (χ2v) is 6.61. The predicted octanol–water partition coefficient (Wildman–Crippen LogP) is 2.74. The van der Waals surface area contributed by atoms with Gasteiger partial charge in [-0.25, -0.2) is 4.39 Å². The Balaban J connectivity index is 2.12. The van der Waals surface area contributed by atoms with Gasteiger partial charge in [-0.05, 0) is 36.0 Å². The van der Waals surface area contributed by atoms with Crippen LogP contribution in [0.3, 0.4) is 0 Å². The Morgan fingerprint density at radius 1 is 1.29 bits per heavy atom. The van der Waals surface area contributed by atoms with Gasteiger partial charge in [-0.2, -0.15) is 0 Å². The van der Waals surface area contributed by atoms with Crippen LogP contribution in [0.15, 0.2) is 0 Å². The van der Waals surface area contributed by atoms with Crippen LogP contribution in [0.1, 0.15) is 40.0 Å². The number of carbonyl (C=O) groups excluding carboxylic acids is 1. The quantitative estimate of drug-likeness (QED) is 0.582. The molecule has 2 heteroatoms. The summed E-state index contributed by atoms with van der Waals surface area (Å²) in [5.41, 5.74) is -1.33. The van der Waals surface area contributed by atoms with Gasteiger partial charge < -0.3 is 0 Å². The van der Waals surface area contributed by atoms with E-state index in [0.29, 0.717) is 18.8 Å². The van der Waals surface area contributed by atoms with Crippen molar-refractivity contribution < 1.29 is 9.18 Å². The van der Waals surface area contributed by atoms with Gasteiger partial charge in [0.25, 0.3) is 0 Å². The highest BCUT2D eigenvalue weighted by atomic mass is 19.1. The normalized spacial score (nSPS) is 58.4. The Kier molecular flexibility index (Phi) is 1.23. The molecule has 5 rings (SSSR count). The fourth-order valence-electron chi connectivity index (χ4n) is 5.03. The molecule has 4 bridgehead atoms. The summed E-state index contributed by atoms with van der Waals surface area (Å²) >= 11 is 0. The molecule has 0 amide bonds. The fraction of sp³-hybridized carbons (Fsp3) is 0.917. The molecule has 4 atom stereocenters. The van der Waals surface area contributed by atoms with E-state index in [0.717, 1.165) is 6.42 Å². The molecule has 4 unspecified atom stereocenters. The lowest BCUT2D eigenvalue weighted by Gasteiger charge is -2.70. The van der Waals surface area contributed by atoms with Crippen LogP contribution in [0.2, 0.25) is 0 Å². The monoisotopic (exact) mass is 196 g/mol. The first kappa shape index (κ1) is 8.87. The van der Waals surface area contributed by atoms with Crippen molar-refractivity contribution in [2.45, 2.75) is 45.7 Å². The molecule has 0 aromatic carbocycles. The number of ketones is 1. The van der Waals surface area contributed by atoms with Crippen LogP contribution >= 0.6 is 0 Å². The summed E-state index contributed by atoms with van der Waals surface area (Å²) in [4.78, 5) is 11.8. The highest BCUT2D eigenvalue weighted by Gasteiger charge is 2.74. The SMILES string of the molecule is CC1(C)CC2(F)CC3(C)CC(C2=O)C13. The molecule has 0 aromatic heterocycles. The molecule has 5 aliphatic rings. The fourth-order valence-corrected chi connectivity index (χ4v) is 5.03. The summed E-state index contributed by atoms with van der Waals surface area (Å²) in [6, 6.07) is 0. The molecule has 0 N–H and O–H groups in total. The van der Waals surface area contributed by atoms with Crippen LogP contribution in [0.4, 0.5) is 4.39 Å². The zero-order chi connectivity index (χ0) is 10.4. The van der Waals surface area contributed by atoms with E-state index in [2.05, 4.69) is 20.8 Å². The third-order valence-corrected chi connectivity index (χ3v) is 4.88. The van der Waals surface area contributed by atoms with Crippen LogP contribution in [0, 0.1) is 22.7 Å². The minimum absolute atomic E-state index is 0.0264. The van der Waals surface area contributed by atoms with Gasteiger partial charge in [0.05, 0.1) is 0 Å².